The Labute approximate surface area is 142 Å². The molecule has 0 saturated carbocycles. The van der Waals surface area contributed by atoms with Crippen molar-refractivity contribution in [2.45, 2.75) is 12.5 Å². The Morgan fingerprint density at radius 2 is 1.88 bits per heavy atom. The summed E-state index contributed by atoms with van der Waals surface area (Å²) >= 11 is 0. The van der Waals surface area contributed by atoms with E-state index in [-0.39, 0.29) is 17.7 Å². The number of hydrogen-bond donors (Lipinski definition) is 1. The van der Waals surface area contributed by atoms with Gasteiger partial charge < -0.3 is 14.9 Å². The number of β-amino-alcohol motifs (C(OH)–C–C–N with tert-alkyl or cyclic N) is 1. The van der Waals surface area contributed by atoms with Gasteiger partial charge in [0.1, 0.15) is 0 Å². The number of hydrogen-bond acceptors (Lipinski definition) is 4. The molecule has 130 valence electrons. The lowest BCUT2D eigenvalue weighted by molar-refractivity contribution is -0.137. The largest absolute Gasteiger partial charge is 0.387 e. The van der Waals surface area contributed by atoms with Crippen molar-refractivity contribution < 1.29 is 14.7 Å². The number of carbonyl (C=O) groups excluding carboxylic acids is 2. The Balaban J connectivity index is 1.47. The molecule has 0 aliphatic carbocycles. The normalized spacial score (nSPS) is 23.6. The predicted molar refractivity (Wildman–Crippen MR) is 90.2 cm³/mol. The van der Waals surface area contributed by atoms with E-state index in [1.54, 1.807) is 11.9 Å². The first-order valence-electron chi connectivity index (χ1n) is 8.52. The summed E-state index contributed by atoms with van der Waals surface area (Å²) in [5.74, 6) is -0.0436. The number of piperazine rings is 1. The molecule has 0 aromatic heterocycles. The second kappa shape index (κ2) is 7.32. The minimum absolute atomic E-state index is 0.0537. The van der Waals surface area contributed by atoms with Gasteiger partial charge in [0.15, 0.2) is 0 Å². The van der Waals surface area contributed by atoms with Crippen molar-refractivity contribution in [2.24, 2.45) is 5.92 Å². The van der Waals surface area contributed by atoms with Gasteiger partial charge in [-0.3, -0.25) is 14.5 Å². The fraction of sp³-hybridized carbons (Fsp3) is 0.556. The molecule has 2 aliphatic rings. The number of carbonyl (C=O) groups is 2. The third-order valence-electron chi connectivity index (χ3n) is 4.99. The molecule has 0 bridgehead atoms. The van der Waals surface area contributed by atoms with Crippen LogP contribution in [0.15, 0.2) is 30.3 Å². The monoisotopic (exact) mass is 331 g/mol. The van der Waals surface area contributed by atoms with Gasteiger partial charge in [-0.05, 0) is 5.56 Å². The molecule has 1 N–H and O–H groups in total. The van der Waals surface area contributed by atoms with Crippen molar-refractivity contribution in [3.05, 3.63) is 35.9 Å². The van der Waals surface area contributed by atoms with E-state index in [9.17, 15) is 14.7 Å². The van der Waals surface area contributed by atoms with Crippen molar-refractivity contribution in [3.8, 4) is 0 Å². The Morgan fingerprint density at radius 3 is 2.46 bits per heavy atom. The Bertz CT molecular complexity index is 584. The van der Waals surface area contributed by atoms with Crippen LogP contribution >= 0.6 is 0 Å². The maximum absolute atomic E-state index is 12.5. The number of nitrogens with zero attached hydrogens (tertiary/aromatic N) is 3. The standard InChI is InChI=1S/C18H25N3O3/c1-19-12-15(11-17(19)23)18(24)21-9-7-20(8-10-21)13-16(22)14-5-3-2-4-6-14/h2-6,15-16,22H,7-13H2,1H3. The summed E-state index contributed by atoms with van der Waals surface area (Å²) in [5, 5.41) is 10.3. The minimum Gasteiger partial charge on any atom is -0.387 e. The lowest BCUT2D eigenvalue weighted by Crippen LogP contribution is -2.51. The predicted octanol–water partition coefficient (Wildman–Crippen LogP) is 0.343. The highest BCUT2D eigenvalue weighted by molar-refractivity contribution is 5.89. The third-order valence-corrected chi connectivity index (χ3v) is 4.99. The summed E-state index contributed by atoms with van der Waals surface area (Å²) < 4.78 is 0. The number of aliphatic hydroxyl groups excluding tert-OH is 1. The lowest BCUT2D eigenvalue weighted by atomic mass is 10.1. The van der Waals surface area contributed by atoms with Gasteiger partial charge in [-0.1, -0.05) is 30.3 Å². The van der Waals surface area contributed by atoms with Crippen molar-refractivity contribution in [1.29, 1.82) is 0 Å². The number of rotatable bonds is 4. The molecular formula is C18H25N3O3. The molecule has 2 unspecified atom stereocenters. The minimum atomic E-state index is -0.505. The highest BCUT2D eigenvalue weighted by atomic mass is 16.3. The molecule has 2 saturated heterocycles. The molecule has 2 atom stereocenters. The van der Waals surface area contributed by atoms with Gasteiger partial charge in [0.25, 0.3) is 0 Å². The van der Waals surface area contributed by atoms with Gasteiger partial charge >= 0.3 is 0 Å². The molecule has 2 amide bonds. The SMILES string of the molecule is CN1CC(C(=O)N2CCN(CC(O)c3ccccc3)CC2)CC1=O. The number of benzene rings is 1. The summed E-state index contributed by atoms with van der Waals surface area (Å²) in [5.41, 5.74) is 0.920. The maximum Gasteiger partial charge on any atom is 0.228 e. The lowest BCUT2D eigenvalue weighted by Gasteiger charge is -2.36. The average molecular weight is 331 g/mol. The molecular weight excluding hydrogens is 306 g/mol. The Kier molecular flexibility index (Phi) is 5.16. The topological polar surface area (TPSA) is 64.1 Å². The van der Waals surface area contributed by atoms with E-state index < -0.39 is 6.10 Å². The van der Waals surface area contributed by atoms with Crippen molar-refractivity contribution in [1.82, 2.24) is 14.7 Å². The fourth-order valence-corrected chi connectivity index (χ4v) is 3.46. The molecule has 0 spiro atoms. The van der Waals surface area contributed by atoms with Gasteiger partial charge in [-0.2, -0.15) is 0 Å². The van der Waals surface area contributed by atoms with E-state index >= 15 is 0 Å². The zero-order valence-corrected chi connectivity index (χ0v) is 14.1. The van der Waals surface area contributed by atoms with Gasteiger partial charge in [0.05, 0.1) is 12.0 Å². The molecule has 2 aliphatic heterocycles. The molecule has 0 radical (unpaired) electrons. The van der Waals surface area contributed by atoms with E-state index in [0.29, 0.717) is 32.6 Å². The van der Waals surface area contributed by atoms with Crippen LogP contribution in [0.4, 0.5) is 0 Å². The van der Waals surface area contributed by atoms with Crippen LogP contribution in [-0.4, -0.2) is 77.9 Å². The van der Waals surface area contributed by atoms with Crippen LogP contribution in [0.1, 0.15) is 18.1 Å². The van der Waals surface area contributed by atoms with Crippen LogP contribution in [0, 0.1) is 5.92 Å². The first kappa shape index (κ1) is 16.9. The molecule has 1 aromatic rings. The first-order chi connectivity index (χ1) is 11.5. The van der Waals surface area contributed by atoms with Crippen molar-refractivity contribution >= 4 is 11.8 Å². The average Bonchev–Trinajstić information content (AvgIpc) is 2.95. The zero-order valence-electron chi connectivity index (χ0n) is 14.1. The third kappa shape index (κ3) is 3.76. The van der Waals surface area contributed by atoms with Crippen molar-refractivity contribution in [3.63, 3.8) is 0 Å². The van der Waals surface area contributed by atoms with E-state index in [1.165, 1.54) is 0 Å². The zero-order chi connectivity index (χ0) is 17.1. The number of amides is 2. The van der Waals surface area contributed by atoms with Gasteiger partial charge in [-0.25, -0.2) is 0 Å². The van der Waals surface area contributed by atoms with Crippen LogP contribution in [0.3, 0.4) is 0 Å². The fourth-order valence-electron chi connectivity index (χ4n) is 3.46. The van der Waals surface area contributed by atoms with Gasteiger partial charge in [0, 0.05) is 52.7 Å². The number of aliphatic hydroxyl groups is 1. The molecule has 2 heterocycles. The van der Waals surface area contributed by atoms with Crippen LogP contribution in [0.5, 0.6) is 0 Å². The van der Waals surface area contributed by atoms with Crippen LogP contribution < -0.4 is 0 Å². The highest BCUT2D eigenvalue weighted by Crippen LogP contribution is 2.20. The van der Waals surface area contributed by atoms with Crippen LogP contribution in [-0.2, 0) is 9.59 Å². The van der Waals surface area contributed by atoms with E-state index in [2.05, 4.69) is 4.90 Å². The van der Waals surface area contributed by atoms with Crippen molar-refractivity contribution in [2.75, 3.05) is 46.3 Å². The second-order valence-electron chi connectivity index (χ2n) is 6.73. The van der Waals surface area contributed by atoms with Gasteiger partial charge in [0.2, 0.25) is 11.8 Å². The Hall–Kier alpha value is -1.92. The smallest absolute Gasteiger partial charge is 0.228 e. The van der Waals surface area contributed by atoms with Gasteiger partial charge in [-0.15, -0.1) is 0 Å². The number of likely N-dealkylation sites (tertiary alicyclic amines) is 1. The van der Waals surface area contributed by atoms with E-state index in [4.69, 9.17) is 0 Å². The summed E-state index contributed by atoms with van der Waals surface area (Å²) in [6, 6.07) is 9.64. The first-order valence-corrected chi connectivity index (χ1v) is 8.52. The summed E-state index contributed by atoms with van der Waals surface area (Å²) in [6.07, 6.45) is -0.169. The molecule has 6 nitrogen and oxygen atoms in total. The Morgan fingerprint density at radius 1 is 1.21 bits per heavy atom. The molecule has 3 rings (SSSR count). The molecule has 1 aromatic carbocycles. The van der Waals surface area contributed by atoms with Crippen LogP contribution in [0.25, 0.3) is 0 Å². The molecule has 6 heteroatoms. The highest BCUT2D eigenvalue weighted by Gasteiger charge is 2.35. The maximum atomic E-state index is 12.5. The second-order valence-corrected chi connectivity index (χ2v) is 6.73. The van der Waals surface area contributed by atoms with E-state index in [0.717, 1.165) is 18.7 Å². The summed E-state index contributed by atoms with van der Waals surface area (Å²) in [7, 11) is 1.75. The summed E-state index contributed by atoms with van der Waals surface area (Å²) in [4.78, 5) is 29.8. The van der Waals surface area contributed by atoms with E-state index in [1.807, 2.05) is 35.2 Å². The quantitative estimate of drug-likeness (QED) is 0.864. The van der Waals surface area contributed by atoms with Crippen LogP contribution in [0.2, 0.25) is 0 Å². The molecule has 24 heavy (non-hydrogen) atoms. The summed E-state index contributed by atoms with van der Waals surface area (Å²) in [6.45, 7) is 3.95. The molecule has 2 fully saturated rings.